The van der Waals surface area contributed by atoms with Crippen LogP contribution in [0.5, 0.6) is 0 Å². The van der Waals surface area contributed by atoms with E-state index in [9.17, 15) is 4.79 Å². The van der Waals surface area contributed by atoms with Gasteiger partial charge in [-0.3, -0.25) is 4.79 Å². The van der Waals surface area contributed by atoms with Crippen LogP contribution in [0.25, 0.3) is 0 Å². The molecule has 1 N–H and O–H groups in total. The lowest BCUT2D eigenvalue weighted by Crippen LogP contribution is -2.28. The van der Waals surface area contributed by atoms with Gasteiger partial charge in [-0.2, -0.15) is 0 Å². The van der Waals surface area contributed by atoms with Crippen molar-refractivity contribution in [1.82, 2.24) is 5.32 Å². The SMILES string of the molecule is CCC(NC(=O)c1csc2c1CCCC2)c1ccccc1. The highest BCUT2D eigenvalue weighted by molar-refractivity contribution is 7.10. The second-order valence-electron chi connectivity index (χ2n) is 5.60. The fourth-order valence-electron chi connectivity index (χ4n) is 3.03. The first-order valence-corrected chi connectivity index (χ1v) is 8.62. The van der Waals surface area contributed by atoms with E-state index >= 15 is 0 Å². The second-order valence-corrected chi connectivity index (χ2v) is 6.57. The third-order valence-electron chi connectivity index (χ3n) is 4.22. The van der Waals surface area contributed by atoms with Gasteiger partial charge in [0.15, 0.2) is 0 Å². The maximum atomic E-state index is 12.6. The van der Waals surface area contributed by atoms with E-state index in [1.165, 1.54) is 28.8 Å². The monoisotopic (exact) mass is 299 g/mol. The Bertz CT molecular complexity index is 617. The quantitative estimate of drug-likeness (QED) is 0.884. The fraction of sp³-hybridized carbons (Fsp3) is 0.389. The lowest BCUT2D eigenvalue weighted by Gasteiger charge is -2.18. The molecular formula is C18H21NOS. The van der Waals surface area contributed by atoms with Crippen molar-refractivity contribution in [2.75, 3.05) is 0 Å². The molecule has 1 aliphatic rings. The van der Waals surface area contributed by atoms with Gasteiger partial charge in [0, 0.05) is 10.3 Å². The number of rotatable bonds is 4. The van der Waals surface area contributed by atoms with Gasteiger partial charge in [0.2, 0.25) is 0 Å². The molecule has 21 heavy (non-hydrogen) atoms. The molecule has 2 nitrogen and oxygen atoms in total. The summed E-state index contributed by atoms with van der Waals surface area (Å²) < 4.78 is 0. The molecule has 110 valence electrons. The van der Waals surface area contributed by atoms with Crippen LogP contribution in [0, 0.1) is 0 Å². The highest BCUT2D eigenvalue weighted by atomic mass is 32.1. The van der Waals surface area contributed by atoms with Crippen LogP contribution >= 0.6 is 11.3 Å². The van der Waals surface area contributed by atoms with E-state index in [-0.39, 0.29) is 11.9 Å². The van der Waals surface area contributed by atoms with Crippen LogP contribution in [0.3, 0.4) is 0 Å². The van der Waals surface area contributed by atoms with Crippen LogP contribution in [0.4, 0.5) is 0 Å². The maximum absolute atomic E-state index is 12.6. The summed E-state index contributed by atoms with van der Waals surface area (Å²) in [7, 11) is 0. The van der Waals surface area contributed by atoms with E-state index in [1.807, 2.05) is 23.6 Å². The van der Waals surface area contributed by atoms with Crippen LogP contribution in [-0.4, -0.2) is 5.91 Å². The van der Waals surface area contributed by atoms with Crippen molar-refractivity contribution in [3.63, 3.8) is 0 Å². The van der Waals surface area contributed by atoms with E-state index in [1.54, 1.807) is 11.3 Å². The fourth-order valence-corrected chi connectivity index (χ4v) is 4.15. The first-order chi connectivity index (χ1) is 10.3. The van der Waals surface area contributed by atoms with Crippen LogP contribution in [0.2, 0.25) is 0 Å². The number of amides is 1. The zero-order valence-electron chi connectivity index (χ0n) is 12.4. The van der Waals surface area contributed by atoms with Gasteiger partial charge in [-0.05, 0) is 43.2 Å². The predicted octanol–water partition coefficient (Wildman–Crippen LogP) is 4.51. The predicted molar refractivity (Wildman–Crippen MR) is 87.9 cm³/mol. The summed E-state index contributed by atoms with van der Waals surface area (Å²) in [4.78, 5) is 14.0. The van der Waals surface area contributed by atoms with Crippen molar-refractivity contribution in [3.8, 4) is 0 Å². The van der Waals surface area contributed by atoms with E-state index in [2.05, 4.69) is 24.4 Å². The van der Waals surface area contributed by atoms with Crippen molar-refractivity contribution in [2.24, 2.45) is 0 Å². The average Bonchev–Trinajstić information content (AvgIpc) is 2.97. The molecule has 0 saturated heterocycles. The number of fused-ring (bicyclic) bond motifs is 1. The first-order valence-electron chi connectivity index (χ1n) is 7.74. The van der Waals surface area contributed by atoms with Gasteiger partial charge in [-0.1, -0.05) is 37.3 Å². The Labute approximate surface area is 130 Å². The molecule has 1 heterocycles. The Morgan fingerprint density at radius 1 is 1.24 bits per heavy atom. The van der Waals surface area contributed by atoms with Crippen molar-refractivity contribution in [2.45, 2.75) is 45.1 Å². The largest absolute Gasteiger partial charge is 0.345 e. The molecule has 0 saturated carbocycles. The van der Waals surface area contributed by atoms with Gasteiger partial charge >= 0.3 is 0 Å². The normalized spacial score (nSPS) is 15.3. The van der Waals surface area contributed by atoms with Crippen LogP contribution in [0.15, 0.2) is 35.7 Å². The summed E-state index contributed by atoms with van der Waals surface area (Å²) in [6.45, 7) is 2.11. The van der Waals surface area contributed by atoms with Crippen molar-refractivity contribution < 1.29 is 4.79 Å². The Morgan fingerprint density at radius 2 is 2.00 bits per heavy atom. The van der Waals surface area contributed by atoms with Crippen molar-refractivity contribution >= 4 is 17.2 Å². The number of hydrogen-bond donors (Lipinski definition) is 1. The van der Waals surface area contributed by atoms with Gasteiger partial charge in [-0.15, -0.1) is 11.3 Å². The molecule has 0 bridgehead atoms. The average molecular weight is 299 g/mol. The number of carbonyl (C=O) groups is 1. The molecule has 1 amide bonds. The summed E-state index contributed by atoms with van der Waals surface area (Å²) in [6.07, 6.45) is 5.57. The van der Waals surface area contributed by atoms with E-state index < -0.39 is 0 Å². The lowest BCUT2D eigenvalue weighted by atomic mass is 9.95. The summed E-state index contributed by atoms with van der Waals surface area (Å²) in [6, 6.07) is 10.3. The molecular weight excluding hydrogens is 278 g/mol. The molecule has 3 heteroatoms. The van der Waals surface area contributed by atoms with Gasteiger partial charge in [0.1, 0.15) is 0 Å². The minimum absolute atomic E-state index is 0.0881. The summed E-state index contributed by atoms with van der Waals surface area (Å²) in [5.41, 5.74) is 3.38. The third kappa shape index (κ3) is 3.03. The van der Waals surface area contributed by atoms with Gasteiger partial charge in [0.25, 0.3) is 5.91 Å². The third-order valence-corrected chi connectivity index (χ3v) is 5.31. The maximum Gasteiger partial charge on any atom is 0.252 e. The molecule has 1 atom stereocenters. The van der Waals surface area contributed by atoms with Crippen LogP contribution in [-0.2, 0) is 12.8 Å². The number of carbonyl (C=O) groups excluding carboxylic acids is 1. The van der Waals surface area contributed by atoms with Gasteiger partial charge < -0.3 is 5.32 Å². The zero-order valence-corrected chi connectivity index (χ0v) is 13.2. The van der Waals surface area contributed by atoms with Gasteiger partial charge in [0.05, 0.1) is 11.6 Å². The van der Waals surface area contributed by atoms with Gasteiger partial charge in [-0.25, -0.2) is 0 Å². The first kappa shape index (κ1) is 14.3. The van der Waals surface area contributed by atoms with E-state index in [0.717, 1.165) is 24.8 Å². The van der Waals surface area contributed by atoms with E-state index in [0.29, 0.717) is 0 Å². The molecule has 3 rings (SSSR count). The topological polar surface area (TPSA) is 29.1 Å². The Kier molecular flexibility index (Phi) is 4.39. The Hall–Kier alpha value is -1.61. The number of nitrogens with one attached hydrogen (secondary N) is 1. The van der Waals surface area contributed by atoms with Crippen molar-refractivity contribution in [1.29, 1.82) is 0 Å². The smallest absolute Gasteiger partial charge is 0.252 e. The molecule has 1 aromatic carbocycles. The zero-order chi connectivity index (χ0) is 14.7. The molecule has 0 radical (unpaired) electrons. The minimum Gasteiger partial charge on any atom is -0.345 e. The summed E-state index contributed by atoms with van der Waals surface area (Å²) in [5, 5.41) is 5.25. The highest BCUT2D eigenvalue weighted by Gasteiger charge is 2.21. The highest BCUT2D eigenvalue weighted by Crippen LogP contribution is 2.30. The molecule has 2 aromatic rings. The molecule has 1 aromatic heterocycles. The number of aryl methyl sites for hydroxylation is 1. The number of thiophene rings is 1. The Balaban J connectivity index is 1.78. The lowest BCUT2D eigenvalue weighted by molar-refractivity contribution is 0.0935. The summed E-state index contributed by atoms with van der Waals surface area (Å²) in [5.74, 6) is 0.0881. The number of hydrogen-bond acceptors (Lipinski definition) is 2. The second kappa shape index (κ2) is 6.44. The standard InChI is InChI=1S/C18H21NOS/c1-2-16(13-8-4-3-5-9-13)19-18(20)15-12-21-17-11-7-6-10-14(15)17/h3-5,8-9,12,16H,2,6-7,10-11H2,1H3,(H,19,20). The molecule has 1 unspecified atom stereocenters. The van der Waals surface area contributed by atoms with Crippen molar-refractivity contribution in [3.05, 3.63) is 57.3 Å². The summed E-state index contributed by atoms with van der Waals surface area (Å²) >= 11 is 1.75. The minimum atomic E-state index is 0.0881. The molecule has 1 aliphatic carbocycles. The molecule has 0 fully saturated rings. The molecule has 0 aliphatic heterocycles. The van der Waals surface area contributed by atoms with Crippen LogP contribution in [0.1, 0.15) is 58.6 Å². The van der Waals surface area contributed by atoms with Crippen LogP contribution < -0.4 is 5.32 Å². The molecule has 0 spiro atoms. The Morgan fingerprint density at radius 3 is 2.76 bits per heavy atom. The number of benzene rings is 1. The van der Waals surface area contributed by atoms with E-state index in [4.69, 9.17) is 0 Å².